The second kappa shape index (κ2) is 13.2. The molecule has 1 saturated heterocycles. The number of alkyl carbamates (subject to hydrolysis) is 1. The third-order valence-corrected chi connectivity index (χ3v) is 9.43. The molecule has 3 aliphatic rings. The molecule has 6 amide bonds. The van der Waals surface area contributed by atoms with Crippen LogP contribution in [0.3, 0.4) is 0 Å². The number of urea groups is 1. The monoisotopic (exact) mass is 634 g/mol. The van der Waals surface area contributed by atoms with Gasteiger partial charge in [-0.15, -0.1) is 0 Å². The van der Waals surface area contributed by atoms with Crippen molar-refractivity contribution in [2.75, 3.05) is 13.2 Å². The molecule has 6 atom stereocenters. The molecule has 3 fully saturated rings. The average molecular weight is 635 g/mol. The summed E-state index contributed by atoms with van der Waals surface area (Å²) in [5, 5.41) is 11.1. The molecule has 2 aliphatic carbocycles. The van der Waals surface area contributed by atoms with E-state index >= 15 is 0 Å². The van der Waals surface area contributed by atoms with Gasteiger partial charge in [-0.2, -0.15) is 0 Å². The summed E-state index contributed by atoms with van der Waals surface area (Å²) in [5.74, 6) is -2.69. The fourth-order valence-electron chi connectivity index (χ4n) is 6.25. The first-order chi connectivity index (χ1) is 20.5. The predicted molar refractivity (Wildman–Crippen MR) is 168 cm³/mol. The number of ketones is 1. The van der Waals surface area contributed by atoms with Gasteiger partial charge in [0.2, 0.25) is 17.6 Å². The van der Waals surface area contributed by atoms with E-state index in [2.05, 4.69) is 21.3 Å². The van der Waals surface area contributed by atoms with Crippen molar-refractivity contribution >= 4 is 35.6 Å². The van der Waals surface area contributed by atoms with Crippen molar-refractivity contribution < 1.29 is 33.5 Å². The van der Waals surface area contributed by atoms with E-state index in [0.29, 0.717) is 13.0 Å². The van der Waals surface area contributed by atoms with Crippen LogP contribution in [0.1, 0.15) is 88.5 Å². The molecule has 0 aromatic carbocycles. The number of carbonyl (C=O) groups excluding carboxylic acids is 6. The first-order valence-corrected chi connectivity index (χ1v) is 16.0. The highest BCUT2D eigenvalue weighted by molar-refractivity contribution is 6.37. The van der Waals surface area contributed by atoms with Crippen molar-refractivity contribution in [3.05, 3.63) is 0 Å². The Morgan fingerprint density at radius 2 is 1.51 bits per heavy atom. The Hall–Kier alpha value is -3.38. The zero-order valence-electron chi connectivity index (χ0n) is 28.5. The van der Waals surface area contributed by atoms with E-state index in [1.807, 2.05) is 69.2 Å². The number of rotatable bonds is 12. The molecule has 45 heavy (non-hydrogen) atoms. The second-order valence-electron chi connectivity index (χ2n) is 16.1. The van der Waals surface area contributed by atoms with Crippen LogP contribution in [0.4, 0.5) is 9.59 Å². The summed E-state index contributed by atoms with van der Waals surface area (Å²) < 4.78 is 5.35. The molecule has 13 heteroatoms. The Balaban J connectivity index is 1.78. The number of hydrogen-bond donors (Lipinski definition) is 5. The number of Topliss-reactive ketones (excluding diaryl/α,β-unsaturated/α-hetero) is 1. The van der Waals surface area contributed by atoms with E-state index in [1.165, 1.54) is 4.90 Å². The molecule has 0 spiro atoms. The average Bonchev–Trinajstić information content (AvgIpc) is 3.74. The molecule has 2 saturated carbocycles. The summed E-state index contributed by atoms with van der Waals surface area (Å²) in [7, 11) is 0. The highest BCUT2D eigenvalue weighted by Gasteiger charge is 2.70. The van der Waals surface area contributed by atoms with E-state index in [4.69, 9.17) is 10.5 Å². The number of hydrogen-bond acceptors (Lipinski definition) is 7. The van der Waals surface area contributed by atoms with Crippen LogP contribution in [0.2, 0.25) is 0 Å². The number of nitrogens with two attached hydrogens (primary N) is 1. The molecular formula is C32H54N6O7. The van der Waals surface area contributed by atoms with Gasteiger partial charge >= 0.3 is 12.1 Å². The van der Waals surface area contributed by atoms with Crippen molar-refractivity contribution in [2.45, 2.75) is 119 Å². The van der Waals surface area contributed by atoms with Crippen LogP contribution in [0.15, 0.2) is 0 Å². The van der Waals surface area contributed by atoms with Gasteiger partial charge in [-0.25, -0.2) is 9.59 Å². The van der Waals surface area contributed by atoms with Gasteiger partial charge in [0.15, 0.2) is 0 Å². The lowest BCUT2D eigenvalue weighted by molar-refractivity contribution is -0.145. The molecule has 1 heterocycles. The molecule has 0 aromatic heterocycles. The minimum atomic E-state index is -1.10. The highest BCUT2D eigenvalue weighted by atomic mass is 16.5. The van der Waals surface area contributed by atoms with E-state index in [-0.39, 0.29) is 35.8 Å². The molecular weight excluding hydrogens is 580 g/mol. The SMILES string of the molecule is CC(C)NC(=O)OC[C@@H](NC(=O)NC(C(=O)N1C[C@H]2[C@@H](C1C(=O)NC(CC1CC1)C(=O)C(N)=O)C2(C)C)C(C)(C)C)C(C)(C)C. The Morgan fingerprint density at radius 3 is 2.00 bits per heavy atom. The van der Waals surface area contributed by atoms with Gasteiger partial charge in [0.05, 0.1) is 12.1 Å². The smallest absolute Gasteiger partial charge is 0.407 e. The van der Waals surface area contributed by atoms with Gasteiger partial charge in [0.25, 0.3) is 5.91 Å². The lowest BCUT2D eigenvalue weighted by atomic mass is 9.85. The summed E-state index contributed by atoms with van der Waals surface area (Å²) >= 11 is 0. The van der Waals surface area contributed by atoms with Gasteiger partial charge in [-0.05, 0) is 54.3 Å². The van der Waals surface area contributed by atoms with Crippen molar-refractivity contribution in [1.29, 1.82) is 0 Å². The van der Waals surface area contributed by atoms with Crippen molar-refractivity contribution in [1.82, 2.24) is 26.2 Å². The van der Waals surface area contributed by atoms with Crippen LogP contribution >= 0.6 is 0 Å². The summed E-state index contributed by atoms with van der Waals surface area (Å²) in [6.07, 6.45) is 1.56. The number of nitrogens with zero attached hydrogens (tertiary/aromatic N) is 1. The van der Waals surface area contributed by atoms with E-state index in [0.717, 1.165) is 12.8 Å². The molecule has 0 aromatic rings. The van der Waals surface area contributed by atoms with E-state index < -0.39 is 70.6 Å². The summed E-state index contributed by atoms with van der Waals surface area (Å²) in [5.41, 5.74) is 3.87. The van der Waals surface area contributed by atoms with Crippen molar-refractivity contribution in [3.8, 4) is 0 Å². The fraction of sp³-hybridized carbons (Fsp3) is 0.812. The molecule has 6 N–H and O–H groups in total. The largest absolute Gasteiger partial charge is 0.447 e. The number of ether oxygens (including phenoxy) is 1. The Labute approximate surface area is 266 Å². The van der Waals surface area contributed by atoms with Gasteiger partial charge in [-0.3, -0.25) is 19.2 Å². The maximum atomic E-state index is 14.2. The van der Waals surface area contributed by atoms with Crippen LogP contribution in [0.25, 0.3) is 0 Å². The first kappa shape index (κ1) is 36.1. The quantitative estimate of drug-likeness (QED) is 0.203. The van der Waals surface area contributed by atoms with Crippen LogP contribution < -0.4 is 27.0 Å². The summed E-state index contributed by atoms with van der Waals surface area (Å²) in [6, 6.07) is -4.21. The maximum Gasteiger partial charge on any atom is 0.407 e. The van der Waals surface area contributed by atoms with Crippen LogP contribution in [-0.2, 0) is 23.9 Å². The number of nitrogens with one attached hydrogen (secondary N) is 4. The molecule has 1 aliphatic heterocycles. The minimum Gasteiger partial charge on any atom is -0.447 e. The summed E-state index contributed by atoms with van der Waals surface area (Å²) in [6.45, 7) is 19.1. The second-order valence-corrected chi connectivity index (χ2v) is 16.1. The number of amides is 6. The van der Waals surface area contributed by atoms with Crippen molar-refractivity contribution in [2.24, 2.45) is 39.7 Å². The third kappa shape index (κ3) is 8.88. The lowest BCUT2D eigenvalue weighted by Crippen LogP contribution is -2.62. The molecule has 13 nitrogen and oxygen atoms in total. The maximum absolute atomic E-state index is 14.2. The van der Waals surface area contributed by atoms with Crippen LogP contribution in [0, 0.1) is 34.0 Å². The number of primary amides is 1. The van der Waals surface area contributed by atoms with Crippen LogP contribution in [-0.4, -0.2) is 83.9 Å². The molecule has 3 rings (SSSR count). The van der Waals surface area contributed by atoms with Crippen molar-refractivity contribution in [3.63, 3.8) is 0 Å². The Morgan fingerprint density at radius 1 is 0.911 bits per heavy atom. The third-order valence-electron chi connectivity index (χ3n) is 9.43. The summed E-state index contributed by atoms with van der Waals surface area (Å²) in [4.78, 5) is 79.3. The number of carbonyl (C=O) groups is 6. The zero-order chi connectivity index (χ0) is 34.2. The highest BCUT2D eigenvalue weighted by Crippen LogP contribution is 2.65. The van der Waals surface area contributed by atoms with Gasteiger partial charge in [-0.1, -0.05) is 68.2 Å². The van der Waals surface area contributed by atoms with E-state index in [9.17, 15) is 28.8 Å². The standard InChI is InChI=1S/C32H54N6O7/c1-16(2)34-29(44)45-15-20(30(3,4)5)36-28(43)37-24(31(6,7)8)27(42)38-14-18-21(32(18,9)10)22(38)26(41)35-19(13-17-11-12-17)23(39)25(33)40/h16-22,24H,11-15H2,1-10H3,(H2,33,40)(H,34,44)(H,35,41)(H2,36,37,43)/t18-,19?,20+,21-,22?,24?/m0/s1. The van der Waals surface area contributed by atoms with Gasteiger partial charge in [0.1, 0.15) is 18.7 Å². The topological polar surface area (TPSA) is 189 Å². The zero-order valence-corrected chi connectivity index (χ0v) is 28.5. The van der Waals surface area contributed by atoms with Crippen LogP contribution in [0.5, 0.6) is 0 Å². The minimum absolute atomic E-state index is 0.0692. The van der Waals surface area contributed by atoms with Gasteiger partial charge < -0.3 is 36.6 Å². The fourth-order valence-corrected chi connectivity index (χ4v) is 6.25. The number of likely N-dealkylation sites (tertiary alicyclic amines) is 1. The van der Waals surface area contributed by atoms with E-state index in [1.54, 1.807) is 0 Å². The number of fused-ring (bicyclic) bond motifs is 1. The molecule has 0 radical (unpaired) electrons. The Kier molecular flexibility index (Phi) is 10.6. The predicted octanol–water partition coefficient (Wildman–Crippen LogP) is 2.07. The molecule has 3 unspecified atom stereocenters. The molecule has 0 bridgehead atoms. The number of piperidine rings is 1. The van der Waals surface area contributed by atoms with Gasteiger partial charge in [0, 0.05) is 12.6 Å². The lowest BCUT2D eigenvalue weighted by Gasteiger charge is -2.38. The normalized spacial score (nSPS) is 24.1. The first-order valence-electron chi connectivity index (χ1n) is 16.0. The molecule has 254 valence electrons. The Bertz CT molecular complexity index is 1180.